The zero-order valence-corrected chi connectivity index (χ0v) is 16.7. The van der Waals surface area contributed by atoms with Crippen LogP contribution in [0.25, 0.3) is 11.2 Å². The number of nitrogens with zero attached hydrogens (tertiary/aromatic N) is 4. The number of urea groups is 1. The zero-order valence-electron chi connectivity index (χ0n) is 16.7. The van der Waals surface area contributed by atoms with Gasteiger partial charge in [0.15, 0.2) is 5.65 Å². The summed E-state index contributed by atoms with van der Waals surface area (Å²) in [6, 6.07) is 11.4. The standard InChI is InChI=1S/C21H25N5O3/c1-28-14-19-24-18-7-4-10-22-20(18)26(19)16-8-11-25(12-9-16)21(27)23-15-5-3-6-17(13-15)29-2/h3-7,10,13,16H,8-9,11-12,14H2,1-2H3,(H,23,27). The number of hydrogen-bond donors (Lipinski definition) is 1. The molecule has 0 radical (unpaired) electrons. The van der Waals surface area contributed by atoms with Crippen molar-refractivity contribution in [2.75, 3.05) is 32.6 Å². The van der Waals surface area contributed by atoms with Crippen molar-refractivity contribution in [3.63, 3.8) is 0 Å². The van der Waals surface area contributed by atoms with Crippen LogP contribution in [0.3, 0.4) is 0 Å². The molecule has 3 heterocycles. The smallest absolute Gasteiger partial charge is 0.321 e. The first-order chi connectivity index (χ1) is 14.2. The number of methoxy groups -OCH3 is 2. The average Bonchev–Trinajstić information content (AvgIpc) is 3.12. The van der Waals surface area contributed by atoms with Gasteiger partial charge in [0.2, 0.25) is 0 Å². The molecule has 0 spiro atoms. The fraction of sp³-hybridized carbons (Fsp3) is 0.381. The molecule has 0 atom stereocenters. The molecule has 0 unspecified atom stereocenters. The zero-order chi connectivity index (χ0) is 20.2. The number of ether oxygens (including phenoxy) is 2. The number of imidazole rings is 1. The van der Waals surface area contributed by atoms with Crippen molar-refractivity contribution < 1.29 is 14.3 Å². The minimum Gasteiger partial charge on any atom is -0.497 e. The molecule has 0 saturated carbocycles. The Balaban J connectivity index is 1.45. The van der Waals surface area contributed by atoms with E-state index in [1.165, 1.54) is 0 Å². The van der Waals surface area contributed by atoms with E-state index in [0.29, 0.717) is 25.4 Å². The van der Waals surface area contributed by atoms with Crippen molar-refractivity contribution in [1.29, 1.82) is 0 Å². The quantitative estimate of drug-likeness (QED) is 0.716. The van der Waals surface area contributed by atoms with Crippen LogP contribution in [-0.2, 0) is 11.3 Å². The van der Waals surface area contributed by atoms with E-state index in [2.05, 4.69) is 19.9 Å². The molecule has 1 saturated heterocycles. The molecule has 8 heteroatoms. The molecular weight excluding hydrogens is 370 g/mol. The summed E-state index contributed by atoms with van der Waals surface area (Å²) in [7, 11) is 3.28. The number of fused-ring (bicyclic) bond motifs is 1. The van der Waals surface area contributed by atoms with Gasteiger partial charge < -0.3 is 24.3 Å². The van der Waals surface area contributed by atoms with Gasteiger partial charge in [-0.05, 0) is 37.1 Å². The molecule has 0 aliphatic carbocycles. The van der Waals surface area contributed by atoms with Crippen molar-refractivity contribution in [1.82, 2.24) is 19.4 Å². The Morgan fingerprint density at radius 3 is 2.79 bits per heavy atom. The van der Waals surface area contributed by atoms with E-state index >= 15 is 0 Å². The predicted octanol–water partition coefficient (Wildman–Crippen LogP) is 3.46. The average molecular weight is 395 g/mol. The molecular formula is C21H25N5O3. The predicted molar refractivity (Wildman–Crippen MR) is 110 cm³/mol. The van der Waals surface area contributed by atoms with Gasteiger partial charge in [-0.15, -0.1) is 0 Å². The Kier molecular flexibility index (Phi) is 5.62. The topological polar surface area (TPSA) is 81.5 Å². The Morgan fingerprint density at radius 2 is 2.03 bits per heavy atom. The number of carbonyl (C=O) groups is 1. The first kappa shape index (κ1) is 19.2. The maximum absolute atomic E-state index is 12.7. The number of amides is 2. The Morgan fingerprint density at radius 1 is 1.21 bits per heavy atom. The second-order valence-electron chi connectivity index (χ2n) is 7.06. The molecule has 4 rings (SSSR count). The largest absolute Gasteiger partial charge is 0.497 e. The first-order valence-corrected chi connectivity index (χ1v) is 9.70. The first-order valence-electron chi connectivity index (χ1n) is 9.70. The summed E-state index contributed by atoms with van der Waals surface area (Å²) in [5.74, 6) is 1.59. The van der Waals surface area contributed by atoms with Gasteiger partial charge in [0, 0.05) is 44.2 Å². The summed E-state index contributed by atoms with van der Waals surface area (Å²) in [6.45, 7) is 1.77. The van der Waals surface area contributed by atoms with E-state index in [1.807, 2.05) is 41.3 Å². The maximum Gasteiger partial charge on any atom is 0.321 e. The molecule has 2 amide bonds. The molecule has 1 N–H and O–H groups in total. The highest BCUT2D eigenvalue weighted by Gasteiger charge is 2.27. The van der Waals surface area contributed by atoms with Gasteiger partial charge in [0.25, 0.3) is 0 Å². The molecule has 29 heavy (non-hydrogen) atoms. The van der Waals surface area contributed by atoms with Crippen LogP contribution in [0.1, 0.15) is 24.7 Å². The van der Waals surface area contributed by atoms with Crippen LogP contribution >= 0.6 is 0 Å². The van der Waals surface area contributed by atoms with Crippen molar-refractivity contribution in [2.24, 2.45) is 0 Å². The van der Waals surface area contributed by atoms with Gasteiger partial charge in [-0.3, -0.25) is 0 Å². The third kappa shape index (κ3) is 4.02. The van der Waals surface area contributed by atoms with Crippen LogP contribution in [0.15, 0.2) is 42.6 Å². The minimum absolute atomic E-state index is 0.0950. The lowest BCUT2D eigenvalue weighted by Gasteiger charge is -2.33. The van der Waals surface area contributed by atoms with Crippen LogP contribution in [0.5, 0.6) is 5.75 Å². The van der Waals surface area contributed by atoms with Gasteiger partial charge >= 0.3 is 6.03 Å². The van der Waals surface area contributed by atoms with E-state index in [-0.39, 0.29) is 12.1 Å². The normalized spacial score (nSPS) is 14.9. The van der Waals surface area contributed by atoms with Crippen molar-refractivity contribution in [2.45, 2.75) is 25.5 Å². The van der Waals surface area contributed by atoms with Gasteiger partial charge in [-0.1, -0.05) is 6.07 Å². The Labute approximate surface area is 169 Å². The number of hydrogen-bond acceptors (Lipinski definition) is 5. The molecule has 3 aromatic rings. The third-order valence-electron chi connectivity index (χ3n) is 5.23. The van der Waals surface area contributed by atoms with Crippen LogP contribution in [0.2, 0.25) is 0 Å². The molecule has 1 aromatic carbocycles. The molecule has 1 aliphatic rings. The summed E-state index contributed by atoms with van der Waals surface area (Å²) in [5.41, 5.74) is 2.47. The number of anilines is 1. The summed E-state index contributed by atoms with van der Waals surface area (Å²) >= 11 is 0. The van der Waals surface area contributed by atoms with Crippen LogP contribution < -0.4 is 10.1 Å². The number of piperidine rings is 1. The number of likely N-dealkylation sites (tertiary alicyclic amines) is 1. The van der Waals surface area contributed by atoms with Gasteiger partial charge in [0.05, 0.1) is 7.11 Å². The van der Waals surface area contributed by atoms with Crippen LogP contribution in [0, 0.1) is 0 Å². The molecule has 152 valence electrons. The van der Waals surface area contributed by atoms with E-state index in [0.717, 1.165) is 35.5 Å². The number of carbonyl (C=O) groups excluding carboxylic acids is 1. The second-order valence-corrected chi connectivity index (χ2v) is 7.06. The van der Waals surface area contributed by atoms with Crippen molar-refractivity contribution >= 4 is 22.9 Å². The summed E-state index contributed by atoms with van der Waals surface area (Å²) in [5, 5.41) is 2.95. The molecule has 1 fully saturated rings. The van der Waals surface area contributed by atoms with E-state index in [4.69, 9.17) is 9.47 Å². The third-order valence-corrected chi connectivity index (χ3v) is 5.23. The Hall–Kier alpha value is -3.13. The highest BCUT2D eigenvalue weighted by atomic mass is 16.5. The summed E-state index contributed by atoms with van der Waals surface area (Å²) in [4.78, 5) is 23.7. The van der Waals surface area contributed by atoms with E-state index < -0.39 is 0 Å². The maximum atomic E-state index is 12.7. The minimum atomic E-state index is -0.0950. The lowest BCUT2D eigenvalue weighted by atomic mass is 10.0. The molecule has 0 bridgehead atoms. The Bertz CT molecular complexity index is 995. The lowest BCUT2D eigenvalue weighted by molar-refractivity contribution is 0.162. The number of nitrogens with one attached hydrogen (secondary N) is 1. The highest BCUT2D eigenvalue weighted by Crippen LogP contribution is 2.28. The van der Waals surface area contributed by atoms with Gasteiger partial charge in [-0.25, -0.2) is 14.8 Å². The van der Waals surface area contributed by atoms with E-state index in [9.17, 15) is 4.79 Å². The SMILES string of the molecule is COCc1nc2cccnc2n1C1CCN(C(=O)Nc2cccc(OC)c2)CC1. The van der Waals surface area contributed by atoms with Crippen molar-refractivity contribution in [3.8, 4) is 5.75 Å². The number of pyridine rings is 1. The molecule has 1 aliphatic heterocycles. The molecule has 2 aromatic heterocycles. The highest BCUT2D eigenvalue weighted by molar-refractivity contribution is 5.89. The lowest BCUT2D eigenvalue weighted by Crippen LogP contribution is -2.41. The summed E-state index contributed by atoms with van der Waals surface area (Å²) < 4.78 is 12.7. The monoisotopic (exact) mass is 395 g/mol. The van der Waals surface area contributed by atoms with Crippen LogP contribution in [-0.4, -0.2) is 52.8 Å². The number of rotatable bonds is 5. The fourth-order valence-electron chi connectivity index (χ4n) is 3.82. The fourth-order valence-corrected chi connectivity index (χ4v) is 3.82. The number of benzene rings is 1. The van der Waals surface area contributed by atoms with E-state index in [1.54, 1.807) is 20.4 Å². The molecule has 8 nitrogen and oxygen atoms in total. The van der Waals surface area contributed by atoms with Crippen LogP contribution in [0.4, 0.5) is 10.5 Å². The van der Waals surface area contributed by atoms with Gasteiger partial charge in [-0.2, -0.15) is 0 Å². The van der Waals surface area contributed by atoms with Crippen molar-refractivity contribution in [3.05, 3.63) is 48.4 Å². The number of aromatic nitrogens is 3. The second kappa shape index (κ2) is 8.48. The van der Waals surface area contributed by atoms with Gasteiger partial charge in [0.1, 0.15) is 23.7 Å². The summed E-state index contributed by atoms with van der Waals surface area (Å²) in [6.07, 6.45) is 3.46.